The molecule has 7 nitrogen and oxygen atoms in total. The number of hydrogen-bond donors (Lipinski definition) is 2. The van der Waals surface area contributed by atoms with Crippen LogP contribution in [0.15, 0.2) is 48.5 Å². The highest BCUT2D eigenvalue weighted by molar-refractivity contribution is 6.34. The first-order valence-electron chi connectivity index (χ1n) is 11.7. The van der Waals surface area contributed by atoms with E-state index in [2.05, 4.69) is 10.6 Å². The molecular weight excluding hydrogens is 466 g/mol. The van der Waals surface area contributed by atoms with Gasteiger partial charge in [0.2, 0.25) is 5.91 Å². The van der Waals surface area contributed by atoms with Gasteiger partial charge in [-0.2, -0.15) is 0 Å². The normalized spacial score (nSPS) is 13.8. The second-order valence-corrected chi connectivity index (χ2v) is 10.1. The van der Waals surface area contributed by atoms with Gasteiger partial charge in [-0.15, -0.1) is 0 Å². The number of likely N-dealkylation sites (N-methyl/N-ethyl adjacent to an activating group) is 1. The first kappa shape index (κ1) is 28.2. The van der Waals surface area contributed by atoms with Crippen molar-refractivity contribution in [3.05, 3.63) is 64.7 Å². The maximum atomic E-state index is 13.7. The number of anilines is 1. The zero-order valence-electron chi connectivity index (χ0n) is 21.5. The molecule has 0 bridgehead atoms. The van der Waals surface area contributed by atoms with Crippen LogP contribution in [0.2, 0.25) is 5.02 Å². The Kier molecular flexibility index (Phi) is 9.72. The lowest BCUT2D eigenvalue weighted by atomic mass is 9.96. The van der Waals surface area contributed by atoms with Crippen molar-refractivity contribution in [2.75, 3.05) is 12.4 Å². The van der Waals surface area contributed by atoms with Crippen LogP contribution in [0.1, 0.15) is 58.2 Å². The number of halogens is 1. The summed E-state index contributed by atoms with van der Waals surface area (Å²) in [5.74, 6) is -1.00. The second-order valence-electron chi connectivity index (χ2n) is 9.69. The van der Waals surface area contributed by atoms with Gasteiger partial charge < -0.3 is 20.3 Å². The number of ether oxygens (including phenoxy) is 1. The van der Waals surface area contributed by atoms with Crippen molar-refractivity contribution in [2.24, 2.45) is 5.92 Å². The van der Waals surface area contributed by atoms with E-state index in [1.165, 1.54) is 4.90 Å². The summed E-state index contributed by atoms with van der Waals surface area (Å²) in [6, 6.07) is 12.5. The number of nitrogens with one attached hydrogen (secondary N) is 2. The van der Waals surface area contributed by atoms with Crippen LogP contribution in [-0.4, -0.2) is 41.5 Å². The van der Waals surface area contributed by atoms with Crippen molar-refractivity contribution in [1.82, 2.24) is 10.2 Å². The Morgan fingerprint density at radius 2 is 1.69 bits per heavy atom. The van der Waals surface area contributed by atoms with Gasteiger partial charge in [-0.1, -0.05) is 74.3 Å². The Bertz CT molecular complexity index is 1020. The molecule has 0 radical (unpaired) electrons. The molecule has 3 atom stereocenters. The van der Waals surface area contributed by atoms with Crippen molar-refractivity contribution in [2.45, 2.75) is 65.6 Å². The van der Waals surface area contributed by atoms with Crippen molar-refractivity contribution in [1.29, 1.82) is 0 Å². The fraction of sp³-hybridized carbons (Fsp3) is 0.444. The molecule has 0 saturated carbocycles. The van der Waals surface area contributed by atoms with Crippen LogP contribution in [0.3, 0.4) is 0 Å². The molecule has 190 valence electrons. The van der Waals surface area contributed by atoms with Crippen LogP contribution < -0.4 is 10.6 Å². The highest BCUT2D eigenvalue weighted by Crippen LogP contribution is 2.29. The highest BCUT2D eigenvalue weighted by Gasteiger charge is 2.36. The van der Waals surface area contributed by atoms with Gasteiger partial charge in [0, 0.05) is 7.05 Å². The molecule has 0 aliphatic carbocycles. The topological polar surface area (TPSA) is 87.7 Å². The second kappa shape index (κ2) is 12.1. The predicted molar refractivity (Wildman–Crippen MR) is 139 cm³/mol. The lowest BCUT2D eigenvalue weighted by Crippen LogP contribution is -2.53. The molecule has 0 fully saturated rings. The summed E-state index contributed by atoms with van der Waals surface area (Å²) < 4.78 is 5.38. The average Bonchev–Trinajstić information content (AvgIpc) is 2.78. The standard InChI is InChI=1S/C27H36ClN3O4/c1-8-17(2)22(30-26(34)35-27(4,5)6)25(33)31(7)23(19-14-10-9-11-15-19)24(32)29-21-18(3)13-12-16-20(21)28/h9-17,22-23H,8H2,1-7H3,(H,29,32)(H,30,34). The van der Waals surface area contributed by atoms with Crippen LogP contribution >= 0.6 is 11.6 Å². The van der Waals surface area contributed by atoms with E-state index in [0.717, 1.165) is 5.56 Å². The van der Waals surface area contributed by atoms with Gasteiger partial charge in [0.05, 0.1) is 10.7 Å². The molecule has 8 heteroatoms. The Hall–Kier alpha value is -3.06. The number of amides is 3. The number of alkyl carbamates (subject to hydrolysis) is 1. The minimum atomic E-state index is -0.952. The lowest BCUT2D eigenvalue weighted by molar-refractivity contribution is -0.140. The molecule has 2 rings (SSSR count). The van der Waals surface area contributed by atoms with E-state index >= 15 is 0 Å². The van der Waals surface area contributed by atoms with Crippen LogP contribution in [-0.2, 0) is 14.3 Å². The van der Waals surface area contributed by atoms with Crippen LogP contribution in [0.5, 0.6) is 0 Å². The van der Waals surface area contributed by atoms with E-state index < -0.39 is 35.6 Å². The quantitative estimate of drug-likeness (QED) is 0.483. The third-order valence-corrected chi connectivity index (χ3v) is 6.03. The molecule has 2 aromatic rings. The molecule has 35 heavy (non-hydrogen) atoms. The van der Waals surface area contributed by atoms with E-state index in [1.54, 1.807) is 64.2 Å². The summed E-state index contributed by atoms with van der Waals surface area (Å²) >= 11 is 6.33. The zero-order chi connectivity index (χ0) is 26.3. The van der Waals surface area contributed by atoms with E-state index in [0.29, 0.717) is 22.7 Å². The first-order valence-corrected chi connectivity index (χ1v) is 12.1. The molecule has 0 saturated heterocycles. The van der Waals surface area contributed by atoms with Gasteiger partial charge >= 0.3 is 6.09 Å². The number of aryl methyl sites for hydroxylation is 1. The fourth-order valence-electron chi connectivity index (χ4n) is 3.63. The Morgan fingerprint density at radius 3 is 2.23 bits per heavy atom. The summed E-state index contributed by atoms with van der Waals surface area (Å²) in [7, 11) is 1.56. The van der Waals surface area contributed by atoms with Gasteiger partial charge in [-0.05, 0) is 50.8 Å². The maximum absolute atomic E-state index is 13.7. The smallest absolute Gasteiger partial charge is 0.408 e. The molecule has 0 aliphatic rings. The molecule has 3 unspecified atom stereocenters. The molecule has 0 heterocycles. The van der Waals surface area contributed by atoms with Gasteiger partial charge in [0.1, 0.15) is 17.7 Å². The summed E-state index contributed by atoms with van der Waals surface area (Å²) in [4.78, 5) is 41.1. The van der Waals surface area contributed by atoms with Gasteiger partial charge in [0.25, 0.3) is 5.91 Å². The van der Waals surface area contributed by atoms with Gasteiger partial charge in [-0.3, -0.25) is 9.59 Å². The molecule has 0 aliphatic heterocycles. The largest absolute Gasteiger partial charge is 0.444 e. The van der Waals surface area contributed by atoms with E-state index in [4.69, 9.17) is 16.3 Å². The number of para-hydroxylation sites is 1. The third-order valence-electron chi connectivity index (χ3n) is 5.72. The maximum Gasteiger partial charge on any atom is 0.408 e. The molecular formula is C27H36ClN3O4. The van der Waals surface area contributed by atoms with E-state index in [9.17, 15) is 14.4 Å². The van der Waals surface area contributed by atoms with Gasteiger partial charge in [0.15, 0.2) is 0 Å². The molecule has 0 aromatic heterocycles. The van der Waals surface area contributed by atoms with E-state index in [1.807, 2.05) is 32.9 Å². The number of rotatable bonds is 8. The number of carbonyl (C=O) groups excluding carboxylic acids is 3. The Balaban J connectivity index is 2.40. The van der Waals surface area contributed by atoms with Crippen molar-refractivity contribution in [3.63, 3.8) is 0 Å². The van der Waals surface area contributed by atoms with E-state index in [-0.39, 0.29) is 5.92 Å². The number of nitrogens with zero attached hydrogens (tertiary/aromatic N) is 1. The minimum absolute atomic E-state index is 0.192. The number of benzene rings is 2. The highest BCUT2D eigenvalue weighted by atomic mass is 35.5. The van der Waals surface area contributed by atoms with Crippen molar-refractivity contribution in [3.8, 4) is 0 Å². The number of hydrogen-bond acceptors (Lipinski definition) is 4. The lowest BCUT2D eigenvalue weighted by Gasteiger charge is -2.33. The third kappa shape index (κ3) is 7.72. The monoisotopic (exact) mass is 501 g/mol. The SMILES string of the molecule is CCC(C)C(NC(=O)OC(C)(C)C)C(=O)N(C)C(C(=O)Nc1c(C)cccc1Cl)c1ccccc1. The summed E-state index contributed by atoms with van der Waals surface area (Å²) in [5.41, 5.74) is 1.21. The average molecular weight is 502 g/mol. The minimum Gasteiger partial charge on any atom is -0.444 e. The van der Waals surface area contributed by atoms with Crippen molar-refractivity contribution < 1.29 is 19.1 Å². The van der Waals surface area contributed by atoms with Crippen molar-refractivity contribution >= 4 is 35.2 Å². The summed E-state index contributed by atoms with van der Waals surface area (Å²) in [6.45, 7) is 10.9. The first-order chi connectivity index (χ1) is 16.4. The van der Waals surface area contributed by atoms with Gasteiger partial charge in [-0.25, -0.2) is 4.79 Å². The number of carbonyl (C=O) groups is 3. The Labute approximate surface area is 213 Å². The predicted octanol–water partition coefficient (Wildman–Crippen LogP) is 5.73. The van der Waals surface area contributed by atoms with Crippen LogP contribution in [0, 0.1) is 12.8 Å². The molecule has 0 spiro atoms. The molecule has 2 N–H and O–H groups in total. The Morgan fingerprint density at radius 1 is 1.06 bits per heavy atom. The molecule has 3 amide bonds. The van der Waals surface area contributed by atoms with Crippen LogP contribution in [0.4, 0.5) is 10.5 Å². The van der Waals surface area contributed by atoms with Crippen LogP contribution in [0.25, 0.3) is 0 Å². The zero-order valence-corrected chi connectivity index (χ0v) is 22.3. The summed E-state index contributed by atoms with van der Waals surface area (Å²) in [6.07, 6.45) is -0.0434. The fourth-order valence-corrected chi connectivity index (χ4v) is 3.90. The molecule has 2 aromatic carbocycles. The summed E-state index contributed by atoms with van der Waals surface area (Å²) in [5, 5.41) is 6.01.